The van der Waals surface area contributed by atoms with E-state index in [2.05, 4.69) is 92.1 Å². The number of hydrogen-bond acceptors (Lipinski definition) is 13. The first kappa shape index (κ1) is 59.3. The van der Waals surface area contributed by atoms with Crippen molar-refractivity contribution in [3.05, 3.63) is 85.1 Å². The van der Waals surface area contributed by atoms with E-state index < -0.39 is 86.8 Å². The summed E-state index contributed by atoms with van der Waals surface area (Å²) in [5, 5.41) is 86.3. The summed E-state index contributed by atoms with van der Waals surface area (Å²) in [4.78, 5) is 13.1. The standard InChI is InChI=1S/C52H87NO13/c1-3-5-7-9-11-12-13-14-15-16-17-18-19-20-21-22-23-24-25-26-27-28-30-32-34-36-44(57)53-40(41(56)35-33-31-29-10-8-6-4-2)39-63-51-49(62)47(60)50(43(38-55)65-51)66-52-48(61)46(59)45(58)42(37-54)64-52/h5,7-8,10-12,14-15,17-18,20-21,33,35,40-43,45-52,54-56,58-62H,3-4,6,9,13,16,19,22-32,34,36-39H2,1-2H3,(H,53,57)/b7-5-,10-8+,12-11-,15-14-,18-17-,21-20-,35-33+. The summed E-state index contributed by atoms with van der Waals surface area (Å²) in [6.07, 6.45) is 32.4. The Kier molecular flexibility index (Phi) is 34.2. The minimum Gasteiger partial charge on any atom is -0.394 e. The van der Waals surface area contributed by atoms with Crippen molar-refractivity contribution in [2.75, 3.05) is 19.8 Å². The van der Waals surface area contributed by atoms with Crippen molar-refractivity contribution in [2.24, 2.45) is 0 Å². The molecule has 0 radical (unpaired) electrons. The van der Waals surface area contributed by atoms with E-state index in [1.165, 1.54) is 32.1 Å². The van der Waals surface area contributed by atoms with Crippen molar-refractivity contribution in [3.63, 3.8) is 0 Å². The van der Waals surface area contributed by atoms with E-state index in [0.29, 0.717) is 12.8 Å². The monoisotopic (exact) mass is 934 g/mol. The van der Waals surface area contributed by atoms with Crippen LogP contribution in [0.4, 0.5) is 0 Å². The predicted molar refractivity (Wildman–Crippen MR) is 258 cm³/mol. The van der Waals surface area contributed by atoms with Gasteiger partial charge < -0.3 is 65.1 Å². The summed E-state index contributed by atoms with van der Waals surface area (Å²) in [5.41, 5.74) is 0. The summed E-state index contributed by atoms with van der Waals surface area (Å²) >= 11 is 0. The summed E-state index contributed by atoms with van der Waals surface area (Å²) in [7, 11) is 0. The Morgan fingerprint density at radius 1 is 0.561 bits per heavy atom. The molecule has 0 aromatic carbocycles. The number of aliphatic hydroxyl groups is 8. The first-order chi connectivity index (χ1) is 32.1. The quantitative estimate of drug-likeness (QED) is 0.0252. The Morgan fingerprint density at radius 3 is 1.65 bits per heavy atom. The van der Waals surface area contributed by atoms with Gasteiger partial charge in [0.05, 0.1) is 32.0 Å². The fraction of sp³-hybridized carbons (Fsp3) is 0.712. The van der Waals surface area contributed by atoms with Gasteiger partial charge in [0.2, 0.25) is 5.91 Å². The Morgan fingerprint density at radius 2 is 1.06 bits per heavy atom. The molecule has 0 aromatic heterocycles. The Bertz CT molecular complexity index is 1430. The molecule has 0 saturated carbocycles. The van der Waals surface area contributed by atoms with Crippen LogP contribution in [0.15, 0.2) is 85.1 Å². The van der Waals surface area contributed by atoms with Crippen molar-refractivity contribution in [1.29, 1.82) is 0 Å². The van der Waals surface area contributed by atoms with Crippen LogP contribution in [0.25, 0.3) is 0 Å². The third kappa shape index (κ3) is 25.0. The second-order valence-electron chi connectivity index (χ2n) is 17.2. The molecule has 2 aliphatic rings. The first-order valence-electron chi connectivity index (χ1n) is 24.8. The number of unbranched alkanes of at least 4 members (excludes halogenated alkanes) is 11. The van der Waals surface area contributed by atoms with Gasteiger partial charge in [0, 0.05) is 6.42 Å². The molecule has 2 fully saturated rings. The summed E-state index contributed by atoms with van der Waals surface area (Å²) < 4.78 is 22.6. The number of carbonyl (C=O) groups excluding carboxylic acids is 1. The zero-order valence-corrected chi connectivity index (χ0v) is 39.9. The number of allylic oxidation sites excluding steroid dienone is 13. The number of ether oxygens (including phenoxy) is 4. The van der Waals surface area contributed by atoms with Gasteiger partial charge in [-0.05, 0) is 70.6 Å². The van der Waals surface area contributed by atoms with Crippen LogP contribution in [0.5, 0.6) is 0 Å². The fourth-order valence-electron chi connectivity index (χ4n) is 7.51. The minimum atomic E-state index is -1.79. The molecule has 14 nitrogen and oxygen atoms in total. The van der Waals surface area contributed by atoms with E-state index in [0.717, 1.165) is 77.0 Å². The lowest BCUT2D eigenvalue weighted by molar-refractivity contribution is -0.359. The van der Waals surface area contributed by atoms with Crippen molar-refractivity contribution in [2.45, 2.75) is 216 Å². The molecule has 66 heavy (non-hydrogen) atoms. The van der Waals surface area contributed by atoms with E-state index in [4.69, 9.17) is 18.9 Å². The largest absolute Gasteiger partial charge is 0.394 e. The number of carbonyl (C=O) groups is 1. The van der Waals surface area contributed by atoms with Gasteiger partial charge in [-0.2, -0.15) is 0 Å². The molecule has 0 bridgehead atoms. The highest BCUT2D eigenvalue weighted by molar-refractivity contribution is 5.76. The molecule has 12 atom stereocenters. The molecule has 12 unspecified atom stereocenters. The number of amides is 1. The van der Waals surface area contributed by atoms with Gasteiger partial charge in [0.25, 0.3) is 0 Å². The Hall–Kier alpha value is -2.83. The lowest BCUT2D eigenvalue weighted by Crippen LogP contribution is -2.65. The summed E-state index contributed by atoms with van der Waals surface area (Å²) in [5.74, 6) is -0.266. The zero-order chi connectivity index (χ0) is 48.2. The number of rotatable bonds is 36. The van der Waals surface area contributed by atoms with Crippen LogP contribution in [0.3, 0.4) is 0 Å². The van der Waals surface area contributed by atoms with Crippen LogP contribution >= 0.6 is 0 Å². The van der Waals surface area contributed by atoms with Gasteiger partial charge in [-0.25, -0.2) is 0 Å². The molecule has 9 N–H and O–H groups in total. The molecule has 2 heterocycles. The van der Waals surface area contributed by atoms with Crippen LogP contribution in [0.1, 0.15) is 142 Å². The van der Waals surface area contributed by atoms with E-state index >= 15 is 0 Å². The molecule has 2 saturated heterocycles. The molecule has 378 valence electrons. The molecule has 0 aliphatic carbocycles. The highest BCUT2D eigenvalue weighted by Gasteiger charge is 2.51. The molecule has 14 heteroatoms. The Labute approximate surface area is 395 Å². The third-order valence-electron chi connectivity index (χ3n) is 11.5. The molecular formula is C52H87NO13. The van der Waals surface area contributed by atoms with Crippen LogP contribution in [0, 0.1) is 0 Å². The molecular weight excluding hydrogens is 847 g/mol. The van der Waals surface area contributed by atoms with Crippen molar-refractivity contribution in [3.8, 4) is 0 Å². The lowest BCUT2D eigenvalue weighted by Gasteiger charge is -2.46. The maximum atomic E-state index is 13.1. The Balaban J connectivity index is 1.73. The SMILES string of the molecule is CC/C=C\C/C=C\C/C=C\C/C=C\C/C=C\CCCCCCCCCCCC(=O)NC(COC1OC(CO)C(OC2OC(CO)C(O)C(O)C2O)C(O)C1O)C(O)/C=C/CC/C=C/CCC. The van der Waals surface area contributed by atoms with Gasteiger partial charge in [-0.1, -0.05) is 150 Å². The first-order valence-corrected chi connectivity index (χ1v) is 24.8. The average molecular weight is 934 g/mol. The fourth-order valence-corrected chi connectivity index (χ4v) is 7.51. The van der Waals surface area contributed by atoms with Gasteiger partial charge in [0.15, 0.2) is 12.6 Å². The van der Waals surface area contributed by atoms with Crippen molar-refractivity contribution < 1.29 is 64.6 Å². The minimum absolute atomic E-state index is 0.260. The second kappa shape index (κ2) is 38.1. The van der Waals surface area contributed by atoms with Crippen molar-refractivity contribution in [1.82, 2.24) is 5.32 Å². The number of nitrogens with one attached hydrogen (secondary N) is 1. The normalized spacial score (nSPS) is 27.5. The van der Waals surface area contributed by atoms with Gasteiger partial charge in [-0.15, -0.1) is 0 Å². The molecule has 1 amide bonds. The van der Waals surface area contributed by atoms with E-state index in [9.17, 15) is 45.6 Å². The third-order valence-corrected chi connectivity index (χ3v) is 11.5. The zero-order valence-electron chi connectivity index (χ0n) is 39.9. The summed E-state index contributed by atoms with van der Waals surface area (Å²) in [6.45, 7) is 2.50. The van der Waals surface area contributed by atoms with Crippen LogP contribution in [0.2, 0.25) is 0 Å². The predicted octanol–water partition coefficient (Wildman–Crippen LogP) is 6.21. The molecule has 0 spiro atoms. The molecule has 0 aromatic rings. The van der Waals surface area contributed by atoms with Gasteiger partial charge >= 0.3 is 0 Å². The van der Waals surface area contributed by atoms with E-state index in [1.54, 1.807) is 6.08 Å². The highest BCUT2D eigenvalue weighted by atomic mass is 16.7. The van der Waals surface area contributed by atoms with Gasteiger partial charge in [-0.3, -0.25) is 4.79 Å². The average Bonchev–Trinajstić information content (AvgIpc) is 3.31. The van der Waals surface area contributed by atoms with E-state index in [1.807, 2.05) is 6.08 Å². The van der Waals surface area contributed by atoms with Crippen LogP contribution < -0.4 is 5.32 Å². The second-order valence-corrected chi connectivity index (χ2v) is 17.2. The van der Waals surface area contributed by atoms with Crippen molar-refractivity contribution >= 4 is 5.91 Å². The maximum Gasteiger partial charge on any atom is 0.220 e. The van der Waals surface area contributed by atoms with Gasteiger partial charge in [0.1, 0.15) is 48.8 Å². The lowest BCUT2D eigenvalue weighted by atomic mass is 9.97. The van der Waals surface area contributed by atoms with E-state index in [-0.39, 0.29) is 18.9 Å². The number of hydrogen-bond donors (Lipinski definition) is 9. The molecule has 2 rings (SSSR count). The topological polar surface area (TPSA) is 228 Å². The molecule has 2 aliphatic heterocycles. The van der Waals surface area contributed by atoms with Crippen LogP contribution in [-0.2, 0) is 23.7 Å². The highest BCUT2D eigenvalue weighted by Crippen LogP contribution is 2.30. The summed E-state index contributed by atoms with van der Waals surface area (Å²) in [6, 6.07) is -0.936. The maximum absolute atomic E-state index is 13.1. The smallest absolute Gasteiger partial charge is 0.220 e. The number of aliphatic hydroxyl groups excluding tert-OH is 8. The van der Waals surface area contributed by atoms with Crippen LogP contribution in [-0.4, -0.2) is 140 Å².